The Morgan fingerprint density at radius 2 is 2.17 bits per heavy atom. The summed E-state index contributed by atoms with van der Waals surface area (Å²) in [6, 6.07) is 6.31. The van der Waals surface area contributed by atoms with Crippen LogP contribution in [0.5, 0.6) is 0 Å². The Kier molecular flexibility index (Phi) is 4.09. The summed E-state index contributed by atoms with van der Waals surface area (Å²) in [5, 5.41) is 10.2. The van der Waals surface area contributed by atoms with Gasteiger partial charge in [0.05, 0.1) is 6.10 Å². The predicted octanol–water partition coefficient (Wildman–Crippen LogP) is 3.57. The van der Waals surface area contributed by atoms with E-state index in [4.69, 9.17) is 0 Å². The highest BCUT2D eigenvalue weighted by molar-refractivity contribution is 9.10. The zero-order chi connectivity index (χ0) is 13.1. The SMILES string of the molecule is Cc1ccncc1C(O)Cc1cc(F)ccc1Br. The molecular weight excluding hydrogens is 297 g/mol. The third kappa shape index (κ3) is 2.94. The highest BCUT2D eigenvalue weighted by Crippen LogP contribution is 2.25. The van der Waals surface area contributed by atoms with Crippen molar-refractivity contribution in [3.05, 3.63) is 63.6 Å². The lowest BCUT2D eigenvalue weighted by atomic mass is 9.99. The first-order valence-corrected chi connectivity index (χ1v) is 6.39. The zero-order valence-electron chi connectivity index (χ0n) is 9.90. The van der Waals surface area contributed by atoms with Gasteiger partial charge in [0.2, 0.25) is 0 Å². The maximum atomic E-state index is 13.2. The van der Waals surface area contributed by atoms with Crippen molar-refractivity contribution in [2.75, 3.05) is 0 Å². The number of hydrogen-bond acceptors (Lipinski definition) is 2. The molecule has 18 heavy (non-hydrogen) atoms. The summed E-state index contributed by atoms with van der Waals surface area (Å²) >= 11 is 3.36. The minimum Gasteiger partial charge on any atom is -0.388 e. The molecule has 1 aromatic heterocycles. The Morgan fingerprint density at radius 3 is 2.89 bits per heavy atom. The smallest absolute Gasteiger partial charge is 0.123 e. The zero-order valence-corrected chi connectivity index (χ0v) is 11.5. The molecule has 0 aliphatic rings. The second-order valence-electron chi connectivity index (χ2n) is 4.19. The molecule has 1 unspecified atom stereocenters. The molecular formula is C14H13BrFNO. The van der Waals surface area contributed by atoms with Gasteiger partial charge in [0.1, 0.15) is 5.82 Å². The standard InChI is InChI=1S/C14H13BrFNO/c1-9-4-5-17-8-12(9)14(18)7-10-6-11(16)2-3-13(10)15/h2-6,8,14,18H,7H2,1H3. The van der Waals surface area contributed by atoms with Crippen molar-refractivity contribution < 1.29 is 9.50 Å². The second kappa shape index (κ2) is 5.59. The topological polar surface area (TPSA) is 33.1 Å². The third-order valence-electron chi connectivity index (χ3n) is 2.86. The van der Waals surface area contributed by atoms with Crippen LogP contribution in [0.2, 0.25) is 0 Å². The molecule has 1 heterocycles. The minimum atomic E-state index is -0.684. The molecule has 0 radical (unpaired) electrons. The Hall–Kier alpha value is -1.26. The van der Waals surface area contributed by atoms with Crippen LogP contribution in [0.25, 0.3) is 0 Å². The third-order valence-corrected chi connectivity index (χ3v) is 3.63. The van der Waals surface area contributed by atoms with E-state index < -0.39 is 6.10 Å². The van der Waals surface area contributed by atoms with Crippen molar-refractivity contribution in [2.45, 2.75) is 19.4 Å². The van der Waals surface area contributed by atoms with E-state index in [9.17, 15) is 9.50 Å². The normalized spacial score (nSPS) is 12.4. The Bertz CT molecular complexity index is 559. The van der Waals surface area contributed by atoms with E-state index in [0.29, 0.717) is 6.42 Å². The number of nitrogens with zero attached hydrogens (tertiary/aromatic N) is 1. The molecule has 0 aliphatic heterocycles. The monoisotopic (exact) mass is 309 g/mol. The number of aliphatic hydroxyl groups is 1. The minimum absolute atomic E-state index is 0.302. The predicted molar refractivity (Wildman–Crippen MR) is 71.7 cm³/mol. The van der Waals surface area contributed by atoms with E-state index in [1.807, 2.05) is 13.0 Å². The van der Waals surface area contributed by atoms with Crippen molar-refractivity contribution in [2.24, 2.45) is 0 Å². The lowest BCUT2D eigenvalue weighted by Gasteiger charge is -2.14. The lowest BCUT2D eigenvalue weighted by Crippen LogP contribution is -2.05. The number of aromatic nitrogens is 1. The van der Waals surface area contributed by atoms with Gasteiger partial charge in [-0.1, -0.05) is 15.9 Å². The summed E-state index contributed by atoms with van der Waals surface area (Å²) in [5.41, 5.74) is 2.49. The molecule has 0 aliphatic carbocycles. The van der Waals surface area contributed by atoms with Gasteiger partial charge in [-0.3, -0.25) is 4.98 Å². The number of pyridine rings is 1. The molecule has 0 amide bonds. The van der Waals surface area contributed by atoms with Gasteiger partial charge >= 0.3 is 0 Å². The Morgan fingerprint density at radius 1 is 1.39 bits per heavy atom. The molecule has 2 nitrogen and oxygen atoms in total. The first kappa shape index (κ1) is 13.2. The molecule has 0 bridgehead atoms. The summed E-state index contributed by atoms with van der Waals surface area (Å²) in [7, 11) is 0. The van der Waals surface area contributed by atoms with Crippen LogP contribution in [0.15, 0.2) is 41.1 Å². The van der Waals surface area contributed by atoms with Gasteiger partial charge in [0.25, 0.3) is 0 Å². The largest absolute Gasteiger partial charge is 0.388 e. The van der Waals surface area contributed by atoms with Crippen LogP contribution in [-0.2, 0) is 6.42 Å². The highest BCUT2D eigenvalue weighted by atomic mass is 79.9. The fraction of sp³-hybridized carbons (Fsp3) is 0.214. The fourth-order valence-electron chi connectivity index (χ4n) is 1.84. The van der Waals surface area contributed by atoms with Crippen molar-refractivity contribution >= 4 is 15.9 Å². The molecule has 1 atom stereocenters. The number of aliphatic hydroxyl groups excluding tert-OH is 1. The molecule has 2 aromatic rings. The van der Waals surface area contributed by atoms with E-state index in [2.05, 4.69) is 20.9 Å². The van der Waals surface area contributed by atoms with Crippen molar-refractivity contribution in [1.82, 2.24) is 4.98 Å². The molecule has 94 valence electrons. The van der Waals surface area contributed by atoms with Gasteiger partial charge in [0.15, 0.2) is 0 Å². The first-order chi connectivity index (χ1) is 8.58. The highest BCUT2D eigenvalue weighted by Gasteiger charge is 2.13. The quantitative estimate of drug-likeness (QED) is 0.940. The van der Waals surface area contributed by atoms with E-state index in [1.165, 1.54) is 12.1 Å². The number of benzene rings is 1. The van der Waals surface area contributed by atoms with Crippen LogP contribution in [0.4, 0.5) is 4.39 Å². The molecule has 4 heteroatoms. The summed E-state index contributed by atoms with van der Waals surface area (Å²) < 4.78 is 14.0. The molecule has 1 aromatic carbocycles. The molecule has 2 rings (SSSR count). The average molecular weight is 310 g/mol. The maximum absolute atomic E-state index is 13.2. The van der Waals surface area contributed by atoms with Crippen LogP contribution in [0.1, 0.15) is 22.8 Å². The van der Waals surface area contributed by atoms with Crippen LogP contribution in [0.3, 0.4) is 0 Å². The number of halogens is 2. The van der Waals surface area contributed by atoms with Crippen molar-refractivity contribution in [3.8, 4) is 0 Å². The number of aryl methyl sites for hydroxylation is 1. The van der Waals surface area contributed by atoms with Crippen LogP contribution < -0.4 is 0 Å². The van der Waals surface area contributed by atoms with Gasteiger partial charge in [-0.05, 0) is 42.3 Å². The lowest BCUT2D eigenvalue weighted by molar-refractivity contribution is 0.177. The van der Waals surface area contributed by atoms with Crippen LogP contribution >= 0.6 is 15.9 Å². The van der Waals surface area contributed by atoms with Gasteiger partial charge in [0, 0.05) is 28.9 Å². The summed E-state index contributed by atoms with van der Waals surface area (Å²) in [6.07, 6.45) is 3.00. The Labute approximate surface area is 114 Å². The van der Waals surface area contributed by atoms with E-state index >= 15 is 0 Å². The fourth-order valence-corrected chi connectivity index (χ4v) is 2.25. The average Bonchev–Trinajstić information content (AvgIpc) is 2.34. The van der Waals surface area contributed by atoms with Gasteiger partial charge in [-0.25, -0.2) is 4.39 Å². The Balaban J connectivity index is 2.24. The van der Waals surface area contributed by atoms with E-state index in [1.54, 1.807) is 18.5 Å². The van der Waals surface area contributed by atoms with E-state index in [0.717, 1.165) is 21.2 Å². The summed E-state index contributed by atoms with van der Waals surface area (Å²) in [6.45, 7) is 1.92. The maximum Gasteiger partial charge on any atom is 0.123 e. The molecule has 0 fully saturated rings. The summed E-state index contributed by atoms with van der Waals surface area (Å²) in [5.74, 6) is -0.302. The first-order valence-electron chi connectivity index (χ1n) is 5.60. The number of hydrogen-bond donors (Lipinski definition) is 1. The number of rotatable bonds is 3. The second-order valence-corrected chi connectivity index (χ2v) is 5.04. The molecule has 0 spiro atoms. The molecule has 1 N–H and O–H groups in total. The van der Waals surface area contributed by atoms with Crippen molar-refractivity contribution in [1.29, 1.82) is 0 Å². The van der Waals surface area contributed by atoms with Crippen LogP contribution in [0, 0.1) is 12.7 Å². The van der Waals surface area contributed by atoms with Crippen LogP contribution in [-0.4, -0.2) is 10.1 Å². The summed E-state index contributed by atoms with van der Waals surface area (Å²) in [4.78, 5) is 4.00. The molecule has 0 saturated carbocycles. The molecule has 0 saturated heterocycles. The van der Waals surface area contributed by atoms with E-state index in [-0.39, 0.29) is 5.82 Å². The van der Waals surface area contributed by atoms with Crippen molar-refractivity contribution in [3.63, 3.8) is 0 Å². The van der Waals surface area contributed by atoms with Gasteiger partial charge in [-0.2, -0.15) is 0 Å². The van der Waals surface area contributed by atoms with Gasteiger partial charge < -0.3 is 5.11 Å². The van der Waals surface area contributed by atoms with Gasteiger partial charge in [-0.15, -0.1) is 0 Å².